The van der Waals surface area contributed by atoms with E-state index in [-0.39, 0.29) is 13.2 Å². The van der Waals surface area contributed by atoms with Crippen molar-refractivity contribution in [3.05, 3.63) is 53.9 Å². The summed E-state index contributed by atoms with van der Waals surface area (Å²) < 4.78 is 7.10. The standard InChI is InChI=1S/C16H16N2O3/c1-21-15-7-6-12(8-11(15)9-19)18-14-5-3-2-4-13(14)17-16(18)10-20/h2-8,19-20H,9-10H2,1H3. The number of benzene rings is 2. The van der Waals surface area contributed by atoms with Gasteiger partial charge in [-0.15, -0.1) is 0 Å². The molecule has 1 aromatic heterocycles. The first kappa shape index (κ1) is 13.6. The molecule has 5 heteroatoms. The number of fused-ring (bicyclic) bond motifs is 1. The molecule has 0 fully saturated rings. The van der Waals surface area contributed by atoms with E-state index in [1.54, 1.807) is 13.2 Å². The molecule has 5 nitrogen and oxygen atoms in total. The van der Waals surface area contributed by atoms with Gasteiger partial charge in [-0.3, -0.25) is 4.57 Å². The molecule has 0 aliphatic rings. The van der Waals surface area contributed by atoms with Crippen LogP contribution in [0.2, 0.25) is 0 Å². The molecule has 0 radical (unpaired) electrons. The van der Waals surface area contributed by atoms with E-state index in [0.717, 1.165) is 16.7 Å². The fourth-order valence-electron chi connectivity index (χ4n) is 2.50. The Morgan fingerprint density at radius 1 is 1.10 bits per heavy atom. The largest absolute Gasteiger partial charge is 0.496 e. The van der Waals surface area contributed by atoms with Crippen molar-refractivity contribution < 1.29 is 14.9 Å². The predicted molar refractivity (Wildman–Crippen MR) is 79.5 cm³/mol. The molecule has 2 aromatic carbocycles. The van der Waals surface area contributed by atoms with Gasteiger partial charge in [-0.1, -0.05) is 12.1 Å². The maximum absolute atomic E-state index is 9.55. The molecule has 3 rings (SSSR count). The van der Waals surface area contributed by atoms with Crippen LogP contribution in [0.1, 0.15) is 11.4 Å². The Labute approximate surface area is 122 Å². The maximum Gasteiger partial charge on any atom is 0.140 e. The summed E-state index contributed by atoms with van der Waals surface area (Å²) in [5.74, 6) is 1.20. The Hall–Kier alpha value is -2.37. The number of para-hydroxylation sites is 2. The normalized spacial score (nSPS) is 11.0. The summed E-state index contributed by atoms with van der Waals surface area (Å²) in [4.78, 5) is 4.42. The van der Waals surface area contributed by atoms with E-state index in [1.165, 1.54) is 0 Å². The molecule has 0 saturated carbocycles. The molecule has 0 saturated heterocycles. The first-order chi connectivity index (χ1) is 10.3. The van der Waals surface area contributed by atoms with Crippen LogP contribution in [0.5, 0.6) is 5.75 Å². The molecular weight excluding hydrogens is 268 g/mol. The first-order valence-corrected chi connectivity index (χ1v) is 6.64. The van der Waals surface area contributed by atoms with Gasteiger partial charge >= 0.3 is 0 Å². The van der Waals surface area contributed by atoms with Gasteiger partial charge in [0, 0.05) is 11.3 Å². The maximum atomic E-state index is 9.55. The van der Waals surface area contributed by atoms with Crippen LogP contribution in [0, 0.1) is 0 Å². The Bertz CT molecular complexity index is 780. The highest BCUT2D eigenvalue weighted by atomic mass is 16.5. The van der Waals surface area contributed by atoms with Gasteiger partial charge in [0.05, 0.1) is 24.8 Å². The van der Waals surface area contributed by atoms with Gasteiger partial charge in [-0.2, -0.15) is 0 Å². The number of ether oxygens (including phenoxy) is 1. The predicted octanol–water partition coefficient (Wildman–Crippen LogP) is 2.02. The Kier molecular flexibility index (Phi) is 3.60. The van der Waals surface area contributed by atoms with E-state index in [9.17, 15) is 10.2 Å². The summed E-state index contributed by atoms with van der Waals surface area (Å²) in [5.41, 5.74) is 3.26. The highest BCUT2D eigenvalue weighted by molar-refractivity contribution is 5.78. The SMILES string of the molecule is COc1ccc(-n2c(CO)nc3ccccc32)cc1CO. The van der Waals surface area contributed by atoms with Gasteiger partial charge in [-0.25, -0.2) is 4.98 Å². The van der Waals surface area contributed by atoms with Gasteiger partial charge in [0.25, 0.3) is 0 Å². The first-order valence-electron chi connectivity index (χ1n) is 6.64. The molecule has 0 unspecified atom stereocenters. The lowest BCUT2D eigenvalue weighted by atomic mass is 10.1. The average Bonchev–Trinajstić information content (AvgIpc) is 2.92. The highest BCUT2D eigenvalue weighted by Crippen LogP contribution is 2.26. The molecule has 0 bridgehead atoms. The molecule has 2 N–H and O–H groups in total. The van der Waals surface area contributed by atoms with Crippen LogP contribution in [0.4, 0.5) is 0 Å². The monoisotopic (exact) mass is 284 g/mol. The molecule has 0 atom stereocenters. The van der Waals surface area contributed by atoms with Gasteiger partial charge in [0.2, 0.25) is 0 Å². The minimum Gasteiger partial charge on any atom is -0.496 e. The number of aromatic nitrogens is 2. The third-order valence-corrected chi connectivity index (χ3v) is 3.46. The van der Waals surface area contributed by atoms with Crippen LogP contribution in [-0.4, -0.2) is 26.9 Å². The number of rotatable bonds is 4. The second kappa shape index (κ2) is 5.55. The smallest absolute Gasteiger partial charge is 0.140 e. The number of imidazole rings is 1. The lowest BCUT2D eigenvalue weighted by Crippen LogP contribution is -2.02. The van der Waals surface area contributed by atoms with Crippen molar-refractivity contribution in [3.63, 3.8) is 0 Å². The van der Waals surface area contributed by atoms with E-state index < -0.39 is 0 Å². The molecule has 0 aliphatic heterocycles. The fraction of sp³-hybridized carbons (Fsp3) is 0.188. The minimum atomic E-state index is -0.158. The Morgan fingerprint density at radius 2 is 1.90 bits per heavy atom. The quantitative estimate of drug-likeness (QED) is 0.769. The molecule has 0 aliphatic carbocycles. The van der Waals surface area contributed by atoms with E-state index in [0.29, 0.717) is 17.1 Å². The number of nitrogens with zero attached hydrogens (tertiary/aromatic N) is 2. The van der Waals surface area contributed by atoms with E-state index in [1.807, 2.05) is 41.0 Å². The van der Waals surface area contributed by atoms with Crippen molar-refractivity contribution in [2.45, 2.75) is 13.2 Å². The number of aliphatic hydroxyl groups is 2. The summed E-state index contributed by atoms with van der Waals surface area (Å²) in [6.45, 7) is -0.271. The minimum absolute atomic E-state index is 0.113. The van der Waals surface area contributed by atoms with Gasteiger partial charge in [-0.05, 0) is 30.3 Å². The van der Waals surface area contributed by atoms with Crippen molar-refractivity contribution in [1.82, 2.24) is 9.55 Å². The van der Waals surface area contributed by atoms with E-state index in [4.69, 9.17) is 4.74 Å². The van der Waals surface area contributed by atoms with E-state index >= 15 is 0 Å². The summed E-state index contributed by atoms with van der Waals surface area (Å²) in [6.07, 6.45) is 0. The van der Waals surface area contributed by atoms with Crippen molar-refractivity contribution in [2.75, 3.05) is 7.11 Å². The number of aliphatic hydroxyl groups excluding tert-OH is 2. The third kappa shape index (κ3) is 2.26. The van der Waals surface area contributed by atoms with Crippen molar-refractivity contribution in [2.24, 2.45) is 0 Å². The zero-order valence-electron chi connectivity index (χ0n) is 11.7. The van der Waals surface area contributed by atoms with Crippen molar-refractivity contribution in [1.29, 1.82) is 0 Å². The summed E-state index contributed by atoms with van der Waals surface area (Å²) in [6, 6.07) is 13.2. The van der Waals surface area contributed by atoms with Crippen LogP contribution in [-0.2, 0) is 13.2 Å². The Balaban J connectivity index is 2.24. The van der Waals surface area contributed by atoms with Gasteiger partial charge in [0.1, 0.15) is 18.2 Å². The summed E-state index contributed by atoms with van der Waals surface area (Å²) >= 11 is 0. The van der Waals surface area contributed by atoms with Crippen LogP contribution in [0.25, 0.3) is 16.7 Å². The van der Waals surface area contributed by atoms with Gasteiger partial charge < -0.3 is 14.9 Å². The second-order valence-corrected chi connectivity index (χ2v) is 4.66. The molecule has 3 aromatic rings. The van der Waals surface area contributed by atoms with Crippen LogP contribution in [0.15, 0.2) is 42.5 Å². The van der Waals surface area contributed by atoms with Crippen LogP contribution in [0.3, 0.4) is 0 Å². The molecule has 1 heterocycles. The van der Waals surface area contributed by atoms with E-state index in [2.05, 4.69) is 4.98 Å². The van der Waals surface area contributed by atoms with Crippen LogP contribution < -0.4 is 4.74 Å². The molecule has 21 heavy (non-hydrogen) atoms. The zero-order valence-corrected chi connectivity index (χ0v) is 11.7. The fourth-order valence-corrected chi connectivity index (χ4v) is 2.50. The Morgan fingerprint density at radius 3 is 2.62 bits per heavy atom. The van der Waals surface area contributed by atoms with Crippen LogP contribution >= 0.6 is 0 Å². The highest BCUT2D eigenvalue weighted by Gasteiger charge is 2.13. The average molecular weight is 284 g/mol. The molecular formula is C16H16N2O3. The zero-order chi connectivity index (χ0) is 14.8. The number of methoxy groups -OCH3 is 1. The van der Waals surface area contributed by atoms with Crippen molar-refractivity contribution in [3.8, 4) is 11.4 Å². The number of hydrogen-bond donors (Lipinski definition) is 2. The topological polar surface area (TPSA) is 67.5 Å². The molecule has 108 valence electrons. The lowest BCUT2D eigenvalue weighted by Gasteiger charge is -2.12. The molecule has 0 spiro atoms. The number of hydrogen-bond acceptors (Lipinski definition) is 4. The summed E-state index contributed by atoms with van der Waals surface area (Å²) in [5, 5.41) is 19.0. The van der Waals surface area contributed by atoms with Gasteiger partial charge in [0.15, 0.2) is 0 Å². The van der Waals surface area contributed by atoms with Crippen molar-refractivity contribution >= 4 is 11.0 Å². The third-order valence-electron chi connectivity index (χ3n) is 3.46. The molecule has 0 amide bonds. The second-order valence-electron chi connectivity index (χ2n) is 4.66. The lowest BCUT2D eigenvalue weighted by molar-refractivity contribution is 0.269. The summed E-state index contributed by atoms with van der Waals surface area (Å²) in [7, 11) is 1.57.